The molecule has 2 nitrogen and oxygen atoms in total. The number of hydrogen-bond acceptors (Lipinski definition) is 2. The van der Waals surface area contributed by atoms with E-state index in [1.54, 1.807) is 24.5 Å². The molecule has 1 heterocycles. The lowest BCUT2D eigenvalue weighted by molar-refractivity contribution is 0.627. The zero-order chi connectivity index (χ0) is 11.5. The molecule has 1 unspecified atom stereocenters. The van der Waals surface area contributed by atoms with Crippen molar-refractivity contribution in [2.24, 2.45) is 5.73 Å². The highest BCUT2D eigenvalue weighted by Crippen LogP contribution is 2.23. The largest absolute Gasteiger partial charge is 0.320 e. The molecule has 0 saturated carbocycles. The smallest absolute Gasteiger partial charge is 0.141 e. The average molecular weight is 237 g/mol. The fourth-order valence-electron chi connectivity index (χ4n) is 1.47. The van der Waals surface area contributed by atoms with Crippen LogP contribution in [0.1, 0.15) is 17.2 Å². The quantitative estimate of drug-likeness (QED) is 0.871. The third-order valence-corrected chi connectivity index (χ3v) is 2.66. The van der Waals surface area contributed by atoms with E-state index in [4.69, 9.17) is 17.3 Å². The molecule has 0 aliphatic heterocycles. The lowest BCUT2D eigenvalue weighted by Gasteiger charge is -2.12. The first-order valence-corrected chi connectivity index (χ1v) is 5.17. The summed E-state index contributed by atoms with van der Waals surface area (Å²) in [6.45, 7) is 0. The zero-order valence-electron chi connectivity index (χ0n) is 8.40. The van der Waals surface area contributed by atoms with Crippen LogP contribution in [0.2, 0.25) is 5.02 Å². The van der Waals surface area contributed by atoms with E-state index in [-0.39, 0.29) is 11.1 Å². The van der Waals surface area contributed by atoms with Crippen molar-refractivity contribution in [2.45, 2.75) is 6.04 Å². The average Bonchev–Trinajstić information content (AvgIpc) is 2.33. The van der Waals surface area contributed by atoms with Crippen LogP contribution < -0.4 is 5.73 Å². The molecule has 0 bridgehead atoms. The number of benzene rings is 1. The molecule has 0 aliphatic rings. The van der Waals surface area contributed by atoms with Gasteiger partial charge in [-0.25, -0.2) is 4.39 Å². The summed E-state index contributed by atoms with van der Waals surface area (Å²) in [5.41, 5.74) is 7.72. The molecule has 0 spiro atoms. The highest BCUT2D eigenvalue weighted by Gasteiger charge is 2.10. The van der Waals surface area contributed by atoms with Gasteiger partial charge in [-0.1, -0.05) is 17.7 Å². The second-order valence-corrected chi connectivity index (χ2v) is 3.84. The highest BCUT2D eigenvalue weighted by atomic mass is 35.5. The van der Waals surface area contributed by atoms with Crippen LogP contribution in [0.5, 0.6) is 0 Å². The predicted molar refractivity (Wildman–Crippen MR) is 61.7 cm³/mol. The highest BCUT2D eigenvalue weighted by molar-refractivity contribution is 6.30. The van der Waals surface area contributed by atoms with Crippen molar-refractivity contribution >= 4 is 11.6 Å². The Balaban J connectivity index is 2.34. The minimum atomic E-state index is -0.438. The topological polar surface area (TPSA) is 38.9 Å². The molecular formula is C12H10ClFN2. The molecule has 1 aromatic carbocycles. The maximum Gasteiger partial charge on any atom is 0.141 e. The van der Waals surface area contributed by atoms with E-state index in [1.807, 2.05) is 12.1 Å². The van der Waals surface area contributed by atoms with Gasteiger partial charge in [-0.15, -0.1) is 0 Å². The molecule has 1 atom stereocenters. The van der Waals surface area contributed by atoms with E-state index < -0.39 is 5.82 Å². The maximum atomic E-state index is 13.0. The van der Waals surface area contributed by atoms with Gasteiger partial charge in [0, 0.05) is 12.4 Å². The Hall–Kier alpha value is -1.45. The monoisotopic (exact) mass is 236 g/mol. The number of nitrogens with two attached hydrogens (primary N) is 1. The Bertz CT molecular complexity index is 488. The summed E-state index contributed by atoms with van der Waals surface area (Å²) in [6, 6.07) is 7.82. The van der Waals surface area contributed by atoms with Crippen LogP contribution in [-0.2, 0) is 0 Å². The normalized spacial score (nSPS) is 12.4. The molecule has 2 rings (SSSR count). The van der Waals surface area contributed by atoms with Gasteiger partial charge in [0.2, 0.25) is 0 Å². The lowest BCUT2D eigenvalue weighted by Crippen LogP contribution is -2.11. The molecule has 4 heteroatoms. The third kappa shape index (κ3) is 2.21. The molecule has 1 aromatic heterocycles. The number of halogens is 2. The SMILES string of the molecule is NC(c1ccncc1)c1ccc(F)c(Cl)c1. The summed E-state index contributed by atoms with van der Waals surface area (Å²) >= 11 is 5.70. The molecule has 0 saturated heterocycles. The molecular weight excluding hydrogens is 227 g/mol. The zero-order valence-corrected chi connectivity index (χ0v) is 9.16. The summed E-state index contributed by atoms with van der Waals surface area (Å²) in [4.78, 5) is 3.91. The maximum absolute atomic E-state index is 13.0. The third-order valence-electron chi connectivity index (χ3n) is 2.37. The van der Waals surface area contributed by atoms with Crippen LogP contribution in [0.15, 0.2) is 42.7 Å². The number of hydrogen-bond donors (Lipinski definition) is 1. The van der Waals surface area contributed by atoms with E-state index in [1.165, 1.54) is 6.07 Å². The summed E-state index contributed by atoms with van der Waals surface area (Å²) < 4.78 is 13.0. The van der Waals surface area contributed by atoms with Gasteiger partial charge >= 0.3 is 0 Å². The first-order valence-electron chi connectivity index (χ1n) is 4.79. The number of aromatic nitrogens is 1. The lowest BCUT2D eigenvalue weighted by atomic mass is 10.0. The standard InChI is InChI=1S/C12H10ClFN2/c13-10-7-9(1-2-11(10)14)12(15)8-3-5-16-6-4-8/h1-7,12H,15H2. The van der Waals surface area contributed by atoms with Crippen molar-refractivity contribution in [1.29, 1.82) is 0 Å². The van der Waals surface area contributed by atoms with Gasteiger partial charge in [0.25, 0.3) is 0 Å². The van der Waals surface area contributed by atoms with Crippen LogP contribution in [-0.4, -0.2) is 4.98 Å². The fraction of sp³-hybridized carbons (Fsp3) is 0.0833. The Labute approximate surface area is 97.9 Å². The second-order valence-electron chi connectivity index (χ2n) is 3.43. The van der Waals surface area contributed by atoms with Crippen LogP contribution in [0, 0.1) is 5.82 Å². The molecule has 0 radical (unpaired) electrons. The van der Waals surface area contributed by atoms with Crippen molar-refractivity contribution in [3.63, 3.8) is 0 Å². The van der Waals surface area contributed by atoms with Crippen LogP contribution in [0.3, 0.4) is 0 Å². The summed E-state index contributed by atoms with van der Waals surface area (Å²) in [7, 11) is 0. The van der Waals surface area contributed by atoms with Crippen molar-refractivity contribution in [2.75, 3.05) is 0 Å². The molecule has 0 amide bonds. The first-order chi connectivity index (χ1) is 7.68. The van der Waals surface area contributed by atoms with Gasteiger partial charge < -0.3 is 5.73 Å². The predicted octanol–water partition coefficient (Wildman–Crippen LogP) is 2.92. The number of pyridine rings is 1. The number of nitrogens with zero attached hydrogens (tertiary/aromatic N) is 1. The fourth-order valence-corrected chi connectivity index (χ4v) is 1.66. The van der Waals surface area contributed by atoms with Gasteiger partial charge in [-0.2, -0.15) is 0 Å². The van der Waals surface area contributed by atoms with E-state index in [9.17, 15) is 4.39 Å². The van der Waals surface area contributed by atoms with Crippen molar-refractivity contribution in [1.82, 2.24) is 4.98 Å². The van der Waals surface area contributed by atoms with Crippen molar-refractivity contribution in [3.8, 4) is 0 Å². The van der Waals surface area contributed by atoms with Gasteiger partial charge in [0.05, 0.1) is 11.1 Å². The van der Waals surface area contributed by atoms with Gasteiger partial charge in [0.15, 0.2) is 0 Å². The summed E-state index contributed by atoms with van der Waals surface area (Å²) in [6.07, 6.45) is 3.33. The Morgan fingerprint density at radius 2 is 1.81 bits per heavy atom. The van der Waals surface area contributed by atoms with E-state index in [0.29, 0.717) is 0 Å². The minimum absolute atomic E-state index is 0.0852. The minimum Gasteiger partial charge on any atom is -0.320 e. The van der Waals surface area contributed by atoms with Crippen molar-refractivity contribution < 1.29 is 4.39 Å². The first kappa shape index (κ1) is 11.0. The van der Waals surface area contributed by atoms with Gasteiger partial charge in [0.1, 0.15) is 5.82 Å². The second kappa shape index (κ2) is 4.60. The van der Waals surface area contributed by atoms with E-state index in [2.05, 4.69) is 4.98 Å². The van der Waals surface area contributed by atoms with Crippen LogP contribution in [0.25, 0.3) is 0 Å². The molecule has 2 N–H and O–H groups in total. The molecule has 0 aliphatic carbocycles. The molecule has 16 heavy (non-hydrogen) atoms. The Morgan fingerprint density at radius 3 is 2.44 bits per heavy atom. The summed E-state index contributed by atoms with van der Waals surface area (Å²) in [5, 5.41) is 0.0852. The van der Waals surface area contributed by atoms with Crippen LogP contribution in [0.4, 0.5) is 4.39 Å². The Morgan fingerprint density at radius 1 is 1.12 bits per heavy atom. The van der Waals surface area contributed by atoms with E-state index in [0.717, 1.165) is 11.1 Å². The molecule has 82 valence electrons. The Kier molecular flexibility index (Phi) is 3.17. The van der Waals surface area contributed by atoms with Crippen molar-refractivity contribution in [3.05, 3.63) is 64.7 Å². The van der Waals surface area contributed by atoms with Gasteiger partial charge in [-0.05, 0) is 35.4 Å². The van der Waals surface area contributed by atoms with E-state index >= 15 is 0 Å². The van der Waals surface area contributed by atoms with Gasteiger partial charge in [-0.3, -0.25) is 4.98 Å². The number of rotatable bonds is 2. The van der Waals surface area contributed by atoms with Crippen LogP contribution >= 0.6 is 11.6 Å². The summed E-state index contributed by atoms with van der Waals surface area (Å²) in [5.74, 6) is -0.438. The molecule has 2 aromatic rings. The molecule has 0 fully saturated rings.